The molecule has 2 aromatic rings. The monoisotopic (exact) mass is 308 g/mol. The molecule has 4 unspecified atom stereocenters. The van der Waals surface area contributed by atoms with E-state index in [1.807, 2.05) is 19.1 Å². The Morgan fingerprint density at radius 3 is 2.80 bits per heavy atom. The van der Waals surface area contributed by atoms with Crippen LogP contribution in [0.15, 0.2) is 18.2 Å². The quantitative estimate of drug-likeness (QED) is 0.684. The molecule has 0 saturated heterocycles. The molecule has 2 aliphatic rings. The summed E-state index contributed by atoms with van der Waals surface area (Å²) in [5.41, 5.74) is 2.16. The van der Waals surface area contributed by atoms with Gasteiger partial charge in [-0.3, -0.25) is 0 Å². The van der Waals surface area contributed by atoms with Crippen LogP contribution in [0.5, 0.6) is 0 Å². The Balaban J connectivity index is 1.90. The van der Waals surface area contributed by atoms with Crippen LogP contribution in [0.3, 0.4) is 0 Å². The molecule has 4 rings (SSSR count). The molecule has 2 saturated carbocycles. The Morgan fingerprint density at radius 2 is 2.15 bits per heavy atom. The normalized spacial score (nSPS) is 30.2. The van der Waals surface area contributed by atoms with Gasteiger partial charge in [0.25, 0.3) is 0 Å². The molecule has 1 aromatic heterocycles. The third-order valence-corrected chi connectivity index (χ3v) is 5.50. The second kappa shape index (κ2) is 4.64. The summed E-state index contributed by atoms with van der Waals surface area (Å²) in [6, 6.07) is 6.58. The van der Waals surface area contributed by atoms with Crippen molar-refractivity contribution in [1.82, 2.24) is 9.55 Å². The molecule has 106 valence electrons. The molecule has 1 heterocycles. The summed E-state index contributed by atoms with van der Waals surface area (Å²) < 4.78 is 2.41. The van der Waals surface area contributed by atoms with E-state index in [2.05, 4.69) is 10.6 Å². The maximum Gasteiger partial charge on any atom is 0.127 e. The van der Waals surface area contributed by atoms with Crippen LogP contribution < -0.4 is 0 Å². The smallest absolute Gasteiger partial charge is 0.127 e. The zero-order valence-electron chi connectivity index (χ0n) is 11.5. The summed E-state index contributed by atoms with van der Waals surface area (Å²) in [4.78, 5) is 4.75. The van der Waals surface area contributed by atoms with Crippen LogP contribution in [-0.2, 0) is 0 Å². The largest absolute Gasteiger partial charge is 0.323 e. The Bertz CT molecular complexity index is 662. The Hall–Kier alpha value is -0.730. The predicted molar refractivity (Wildman–Crippen MR) is 83.5 cm³/mol. The van der Waals surface area contributed by atoms with E-state index in [0.717, 1.165) is 28.2 Å². The van der Waals surface area contributed by atoms with E-state index in [1.165, 1.54) is 31.2 Å². The molecule has 2 aliphatic carbocycles. The Kier molecular flexibility index (Phi) is 3.01. The number of imidazole rings is 1. The lowest BCUT2D eigenvalue weighted by atomic mass is 9.95. The summed E-state index contributed by atoms with van der Waals surface area (Å²) >= 11 is 12.5. The second-order valence-corrected chi connectivity index (χ2v) is 7.42. The third kappa shape index (κ3) is 1.88. The highest BCUT2D eigenvalue weighted by molar-refractivity contribution is 6.31. The van der Waals surface area contributed by atoms with Gasteiger partial charge in [-0.05, 0) is 56.2 Å². The lowest BCUT2D eigenvalue weighted by molar-refractivity contribution is 0.329. The molecule has 2 bridgehead atoms. The first-order chi connectivity index (χ1) is 9.63. The molecule has 1 aromatic carbocycles. The molecule has 0 aliphatic heterocycles. The standard InChI is InChI=1S/C16H18Cl2N2/c1-9(17)16-19-13-8-12(18)4-5-14(13)20(16)15-7-10-2-3-11(15)6-10/h4-5,8-11,15H,2-3,6-7H2,1H3. The van der Waals surface area contributed by atoms with Gasteiger partial charge >= 0.3 is 0 Å². The fraction of sp³-hybridized carbons (Fsp3) is 0.562. The molecular weight excluding hydrogens is 291 g/mol. The highest BCUT2D eigenvalue weighted by Gasteiger charge is 2.41. The molecule has 0 radical (unpaired) electrons. The molecule has 4 heteroatoms. The van der Waals surface area contributed by atoms with Crippen molar-refractivity contribution in [3.05, 3.63) is 29.0 Å². The Labute approximate surface area is 129 Å². The minimum absolute atomic E-state index is 0.0692. The number of benzene rings is 1. The molecule has 2 nitrogen and oxygen atoms in total. The first-order valence-electron chi connectivity index (χ1n) is 7.45. The molecule has 0 spiro atoms. The number of hydrogen-bond donors (Lipinski definition) is 0. The predicted octanol–water partition coefficient (Wildman–Crippen LogP) is 5.35. The van der Waals surface area contributed by atoms with Crippen molar-refractivity contribution in [2.24, 2.45) is 11.8 Å². The van der Waals surface area contributed by atoms with Crippen molar-refractivity contribution in [1.29, 1.82) is 0 Å². The Morgan fingerprint density at radius 1 is 1.30 bits per heavy atom. The minimum atomic E-state index is -0.0692. The fourth-order valence-electron chi connectivity index (χ4n) is 4.25. The van der Waals surface area contributed by atoms with E-state index in [1.54, 1.807) is 0 Å². The van der Waals surface area contributed by atoms with Crippen LogP contribution in [-0.4, -0.2) is 9.55 Å². The van der Waals surface area contributed by atoms with Gasteiger partial charge in [0.05, 0.1) is 16.4 Å². The van der Waals surface area contributed by atoms with Crippen LogP contribution in [0.2, 0.25) is 5.02 Å². The van der Waals surface area contributed by atoms with Crippen LogP contribution in [0.1, 0.15) is 49.9 Å². The summed E-state index contributed by atoms with van der Waals surface area (Å²) in [5.74, 6) is 2.72. The highest BCUT2D eigenvalue weighted by atomic mass is 35.5. The lowest BCUT2D eigenvalue weighted by Crippen LogP contribution is -2.18. The van der Waals surface area contributed by atoms with Gasteiger partial charge < -0.3 is 4.57 Å². The van der Waals surface area contributed by atoms with Crippen molar-refractivity contribution >= 4 is 34.2 Å². The van der Waals surface area contributed by atoms with E-state index < -0.39 is 0 Å². The van der Waals surface area contributed by atoms with E-state index >= 15 is 0 Å². The molecule has 0 amide bonds. The third-order valence-electron chi connectivity index (χ3n) is 5.07. The van der Waals surface area contributed by atoms with Crippen molar-refractivity contribution < 1.29 is 0 Å². The van der Waals surface area contributed by atoms with Crippen molar-refractivity contribution in [2.75, 3.05) is 0 Å². The fourth-order valence-corrected chi connectivity index (χ4v) is 4.57. The maximum absolute atomic E-state index is 6.38. The molecular formula is C16H18Cl2N2. The maximum atomic E-state index is 6.38. The number of aromatic nitrogens is 2. The zero-order chi connectivity index (χ0) is 13.9. The number of rotatable bonds is 2. The van der Waals surface area contributed by atoms with Gasteiger partial charge in [0.2, 0.25) is 0 Å². The van der Waals surface area contributed by atoms with Crippen molar-refractivity contribution in [3.8, 4) is 0 Å². The zero-order valence-corrected chi connectivity index (χ0v) is 13.0. The minimum Gasteiger partial charge on any atom is -0.323 e. The summed E-state index contributed by atoms with van der Waals surface area (Å²) in [5, 5.41) is 0.671. The number of hydrogen-bond acceptors (Lipinski definition) is 1. The number of halogens is 2. The first kappa shape index (κ1) is 13.0. The van der Waals surface area contributed by atoms with Gasteiger partial charge in [0, 0.05) is 11.1 Å². The topological polar surface area (TPSA) is 17.8 Å². The SMILES string of the molecule is CC(Cl)c1nc2cc(Cl)ccc2n1C1CC2CCC1C2. The lowest BCUT2D eigenvalue weighted by Gasteiger charge is -2.26. The molecule has 20 heavy (non-hydrogen) atoms. The van der Waals surface area contributed by atoms with E-state index in [0.29, 0.717) is 6.04 Å². The van der Waals surface area contributed by atoms with E-state index in [4.69, 9.17) is 28.2 Å². The van der Waals surface area contributed by atoms with Crippen LogP contribution in [0.25, 0.3) is 11.0 Å². The first-order valence-corrected chi connectivity index (χ1v) is 8.26. The number of fused-ring (bicyclic) bond motifs is 3. The summed E-state index contributed by atoms with van der Waals surface area (Å²) in [6.07, 6.45) is 5.44. The molecule has 0 N–H and O–H groups in total. The highest BCUT2D eigenvalue weighted by Crippen LogP contribution is 2.52. The molecule has 2 fully saturated rings. The van der Waals surface area contributed by atoms with Gasteiger partial charge in [0.1, 0.15) is 5.82 Å². The van der Waals surface area contributed by atoms with Crippen molar-refractivity contribution in [2.45, 2.75) is 44.0 Å². The second-order valence-electron chi connectivity index (χ2n) is 6.33. The van der Waals surface area contributed by atoms with Crippen LogP contribution in [0.4, 0.5) is 0 Å². The average molecular weight is 309 g/mol. The van der Waals surface area contributed by atoms with Gasteiger partial charge in [-0.2, -0.15) is 0 Å². The van der Waals surface area contributed by atoms with E-state index in [-0.39, 0.29) is 5.38 Å². The van der Waals surface area contributed by atoms with Gasteiger partial charge in [-0.1, -0.05) is 18.0 Å². The van der Waals surface area contributed by atoms with E-state index in [9.17, 15) is 0 Å². The summed E-state index contributed by atoms with van der Waals surface area (Å²) in [7, 11) is 0. The van der Waals surface area contributed by atoms with Crippen LogP contribution >= 0.6 is 23.2 Å². The van der Waals surface area contributed by atoms with Crippen LogP contribution in [0, 0.1) is 11.8 Å². The van der Waals surface area contributed by atoms with Gasteiger partial charge in [-0.25, -0.2) is 4.98 Å². The number of nitrogens with zero attached hydrogens (tertiary/aromatic N) is 2. The number of alkyl halides is 1. The van der Waals surface area contributed by atoms with Gasteiger partial charge in [0.15, 0.2) is 0 Å². The van der Waals surface area contributed by atoms with Crippen molar-refractivity contribution in [3.63, 3.8) is 0 Å². The summed E-state index contributed by atoms with van der Waals surface area (Å²) in [6.45, 7) is 2.01. The molecule has 4 atom stereocenters. The van der Waals surface area contributed by atoms with Gasteiger partial charge in [-0.15, -0.1) is 11.6 Å². The average Bonchev–Trinajstić information content (AvgIpc) is 3.09.